The Morgan fingerprint density at radius 2 is 1.81 bits per heavy atom. The quantitative estimate of drug-likeness (QED) is 0.799. The molecule has 6 heteroatoms. The van der Waals surface area contributed by atoms with Crippen molar-refractivity contribution < 1.29 is 9.53 Å². The molecule has 5 nitrogen and oxygen atoms in total. The molecule has 0 spiro atoms. The molecule has 3 rings (SSSR count). The van der Waals surface area contributed by atoms with Crippen LogP contribution in [0.15, 0.2) is 54.6 Å². The highest BCUT2D eigenvalue weighted by Gasteiger charge is 2.31. The average Bonchev–Trinajstić information content (AvgIpc) is 2.70. The van der Waals surface area contributed by atoms with Crippen LogP contribution >= 0.6 is 11.6 Å². The number of carbonyl (C=O) groups is 1. The summed E-state index contributed by atoms with van der Waals surface area (Å²) in [6, 6.07) is 17.2. The van der Waals surface area contributed by atoms with E-state index in [1.807, 2.05) is 54.6 Å². The van der Waals surface area contributed by atoms with Crippen molar-refractivity contribution in [1.82, 2.24) is 10.2 Å². The van der Waals surface area contributed by atoms with Crippen LogP contribution in [0.25, 0.3) is 0 Å². The Bertz CT molecular complexity index is 744. The van der Waals surface area contributed by atoms with Gasteiger partial charge in [-0.15, -0.1) is 0 Å². The number of nitrogens with two attached hydrogens (primary N) is 1. The molecule has 1 aliphatic heterocycles. The zero-order chi connectivity index (χ0) is 19.3. The first-order valence-electron chi connectivity index (χ1n) is 9.18. The van der Waals surface area contributed by atoms with Gasteiger partial charge in [0.1, 0.15) is 5.54 Å². The highest BCUT2D eigenvalue weighted by Crippen LogP contribution is 2.24. The zero-order valence-electron chi connectivity index (χ0n) is 15.5. The molecule has 1 aliphatic rings. The van der Waals surface area contributed by atoms with Gasteiger partial charge in [-0.3, -0.25) is 9.69 Å². The van der Waals surface area contributed by atoms with Crippen molar-refractivity contribution in [2.75, 3.05) is 32.8 Å². The molecule has 1 fully saturated rings. The van der Waals surface area contributed by atoms with Crippen LogP contribution in [-0.4, -0.2) is 43.7 Å². The Labute approximate surface area is 165 Å². The van der Waals surface area contributed by atoms with E-state index in [4.69, 9.17) is 22.1 Å². The number of rotatable bonds is 6. The van der Waals surface area contributed by atoms with Gasteiger partial charge in [-0.25, -0.2) is 0 Å². The molecule has 1 amide bonds. The maximum absolute atomic E-state index is 12.8. The summed E-state index contributed by atoms with van der Waals surface area (Å²) in [7, 11) is 0. The van der Waals surface area contributed by atoms with Gasteiger partial charge in [-0.1, -0.05) is 54.1 Å². The fourth-order valence-electron chi connectivity index (χ4n) is 3.32. The smallest absolute Gasteiger partial charge is 0.244 e. The first kappa shape index (κ1) is 19.8. The van der Waals surface area contributed by atoms with Crippen molar-refractivity contribution in [3.05, 3.63) is 70.7 Å². The zero-order valence-corrected chi connectivity index (χ0v) is 16.3. The molecule has 0 bridgehead atoms. The third-order valence-corrected chi connectivity index (χ3v) is 5.29. The second-order valence-electron chi connectivity index (χ2n) is 6.99. The molecule has 0 radical (unpaired) electrons. The number of morpholine rings is 1. The fraction of sp³-hybridized carbons (Fsp3) is 0.381. The van der Waals surface area contributed by atoms with Gasteiger partial charge in [0.2, 0.25) is 5.91 Å². The number of hydrogen-bond donors (Lipinski definition) is 2. The lowest BCUT2D eigenvalue weighted by molar-refractivity contribution is -0.126. The van der Waals surface area contributed by atoms with Crippen LogP contribution < -0.4 is 11.1 Å². The predicted molar refractivity (Wildman–Crippen MR) is 108 cm³/mol. The Morgan fingerprint density at radius 1 is 1.19 bits per heavy atom. The van der Waals surface area contributed by atoms with Crippen molar-refractivity contribution >= 4 is 17.5 Å². The molecule has 3 N–H and O–H groups in total. The van der Waals surface area contributed by atoms with Gasteiger partial charge in [-0.05, 0) is 30.2 Å². The molecule has 1 heterocycles. The van der Waals surface area contributed by atoms with Crippen LogP contribution in [0.4, 0.5) is 0 Å². The Morgan fingerprint density at radius 3 is 2.44 bits per heavy atom. The first-order chi connectivity index (χ1) is 13.0. The fourth-order valence-corrected chi connectivity index (χ4v) is 3.45. The van der Waals surface area contributed by atoms with Crippen molar-refractivity contribution in [2.24, 2.45) is 5.73 Å². The van der Waals surface area contributed by atoms with Gasteiger partial charge in [0.05, 0.1) is 19.3 Å². The lowest BCUT2D eigenvalue weighted by Crippen LogP contribution is -2.51. The summed E-state index contributed by atoms with van der Waals surface area (Å²) in [6.45, 7) is 5.24. The van der Waals surface area contributed by atoms with Crippen LogP contribution in [0.1, 0.15) is 24.1 Å². The summed E-state index contributed by atoms with van der Waals surface area (Å²) < 4.78 is 5.47. The molecule has 144 valence electrons. The average molecular weight is 388 g/mol. The predicted octanol–water partition coefficient (Wildman–Crippen LogP) is 2.70. The minimum atomic E-state index is -1.09. The van der Waals surface area contributed by atoms with Gasteiger partial charge < -0.3 is 15.8 Å². The van der Waals surface area contributed by atoms with Gasteiger partial charge in [0.15, 0.2) is 0 Å². The number of nitrogens with zero attached hydrogens (tertiary/aromatic N) is 1. The second-order valence-corrected chi connectivity index (χ2v) is 7.43. The Balaban J connectivity index is 1.74. The Kier molecular flexibility index (Phi) is 6.50. The van der Waals surface area contributed by atoms with E-state index in [0.717, 1.165) is 24.2 Å². The van der Waals surface area contributed by atoms with Gasteiger partial charge in [-0.2, -0.15) is 0 Å². The van der Waals surface area contributed by atoms with Crippen LogP contribution in [0.2, 0.25) is 5.02 Å². The van der Waals surface area contributed by atoms with Gasteiger partial charge in [0.25, 0.3) is 0 Å². The maximum atomic E-state index is 12.8. The molecule has 2 aromatic carbocycles. The van der Waals surface area contributed by atoms with E-state index in [1.165, 1.54) is 0 Å². The normalized spacial score (nSPS) is 18.5. The van der Waals surface area contributed by atoms with Gasteiger partial charge in [0, 0.05) is 24.7 Å². The first-order valence-corrected chi connectivity index (χ1v) is 9.56. The SMILES string of the molecule is CC(N)(C(=O)NCC(c1ccc(Cl)cc1)N1CCOCC1)c1ccccc1. The van der Waals surface area contributed by atoms with Crippen LogP contribution in [-0.2, 0) is 15.1 Å². The van der Waals surface area contributed by atoms with Crippen molar-refractivity contribution in [1.29, 1.82) is 0 Å². The summed E-state index contributed by atoms with van der Waals surface area (Å²) in [4.78, 5) is 15.2. The van der Waals surface area contributed by atoms with Crippen molar-refractivity contribution in [2.45, 2.75) is 18.5 Å². The molecule has 1 saturated heterocycles. The van der Waals surface area contributed by atoms with Crippen molar-refractivity contribution in [3.8, 4) is 0 Å². The van der Waals surface area contributed by atoms with E-state index in [1.54, 1.807) is 6.92 Å². The molecular formula is C21H26ClN3O2. The molecule has 2 unspecified atom stereocenters. The minimum Gasteiger partial charge on any atom is -0.379 e. The van der Waals surface area contributed by atoms with E-state index in [2.05, 4.69) is 10.2 Å². The summed E-state index contributed by atoms with van der Waals surface area (Å²) in [5.74, 6) is -0.194. The lowest BCUT2D eigenvalue weighted by atomic mass is 9.92. The second kappa shape index (κ2) is 8.85. The van der Waals surface area contributed by atoms with E-state index >= 15 is 0 Å². The summed E-state index contributed by atoms with van der Waals surface area (Å²) in [5.41, 5.74) is 7.16. The van der Waals surface area contributed by atoms with E-state index < -0.39 is 5.54 Å². The molecule has 27 heavy (non-hydrogen) atoms. The molecule has 0 aromatic heterocycles. The summed E-state index contributed by atoms with van der Waals surface area (Å²) in [6.07, 6.45) is 0. The number of hydrogen-bond acceptors (Lipinski definition) is 4. The van der Waals surface area contributed by atoms with Crippen LogP contribution in [0.5, 0.6) is 0 Å². The third kappa shape index (κ3) is 4.87. The lowest BCUT2D eigenvalue weighted by Gasteiger charge is -2.35. The number of nitrogens with one attached hydrogen (secondary N) is 1. The molecule has 2 atom stereocenters. The summed E-state index contributed by atoms with van der Waals surface area (Å²) in [5, 5.41) is 3.75. The van der Waals surface area contributed by atoms with E-state index in [-0.39, 0.29) is 11.9 Å². The van der Waals surface area contributed by atoms with Gasteiger partial charge >= 0.3 is 0 Å². The minimum absolute atomic E-state index is 0.0432. The molecule has 0 aliphatic carbocycles. The van der Waals surface area contributed by atoms with Crippen LogP contribution in [0, 0.1) is 0 Å². The number of carbonyl (C=O) groups excluding carboxylic acids is 1. The topological polar surface area (TPSA) is 67.6 Å². The van der Waals surface area contributed by atoms with E-state index in [9.17, 15) is 4.79 Å². The maximum Gasteiger partial charge on any atom is 0.244 e. The largest absolute Gasteiger partial charge is 0.379 e. The summed E-state index contributed by atoms with van der Waals surface area (Å²) >= 11 is 6.04. The highest BCUT2D eigenvalue weighted by molar-refractivity contribution is 6.30. The molecule has 2 aromatic rings. The Hall–Kier alpha value is -1.92. The number of halogens is 1. The molecule has 0 saturated carbocycles. The van der Waals surface area contributed by atoms with Crippen LogP contribution in [0.3, 0.4) is 0 Å². The van der Waals surface area contributed by atoms with Crippen molar-refractivity contribution in [3.63, 3.8) is 0 Å². The monoisotopic (exact) mass is 387 g/mol. The van der Waals surface area contributed by atoms with E-state index in [0.29, 0.717) is 24.8 Å². The standard InChI is InChI=1S/C21H26ClN3O2/c1-21(23,17-5-3-2-4-6-17)20(26)24-15-19(25-11-13-27-14-12-25)16-7-9-18(22)10-8-16/h2-10,19H,11-15,23H2,1H3,(H,24,26). The number of ether oxygens (including phenoxy) is 1. The highest BCUT2D eigenvalue weighted by atomic mass is 35.5. The third-order valence-electron chi connectivity index (χ3n) is 5.04. The number of benzene rings is 2. The molecular weight excluding hydrogens is 362 g/mol. The number of amides is 1.